The molecule has 0 aliphatic rings. The minimum atomic E-state index is -0.0461. The third-order valence-electron chi connectivity index (χ3n) is 2.98. The normalized spacial score (nSPS) is 10.4. The number of carbonyl (C=O) groups is 1. The van der Waals surface area contributed by atoms with Crippen molar-refractivity contribution < 1.29 is 4.79 Å². The number of hydrogen-bond donors (Lipinski definition) is 2. The van der Waals surface area contributed by atoms with Crippen LogP contribution in [0.1, 0.15) is 22.5 Å². The fourth-order valence-electron chi connectivity index (χ4n) is 1.81. The lowest BCUT2D eigenvalue weighted by molar-refractivity contribution is -0.115. The smallest absolute Gasteiger partial charge is 0.230 e. The monoisotopic (exact) mass is 243 g/mol. The van der Waals surface area contributed by atoms with Crippen LogP contribution < -0.4 is 5.32 Å². The summed E-state index contributed by atoms with van der Waals surface area (Å²) in [4.78, 5) is 11.9. The summed E-state index contributed by atoms with van der Waals surface area (Å²) in [5.74, 6) is -0.0461. The highest BCUT2D eigenvalue weighted by atomic mass is 16.1. The Bertz CT molecular complexity index is 572. The average molecular weight is 243 g/mol. The van der Waals surface area contributed by atoms with E-state index in [1.54, 1.807) is 0 Å². The molecule has 0 spiro atoms. The van der Waals surface area contributed by atoms with Gasteiger partial charge in [-0.2, -0.15) is 5.10 Å². The molecule has 94 valence electrons. The highest BCUT2D eigenvalue weighted by molar-refractivity contribution is 5.92. The zero-order valence-corrected chi connectivity index (χ0v) is 10.9. The van der Waals surface area contributed by atoms with E-state index in [0.29, 0.717) is 0 Å². The Hall–Kier alpha value is -2.10. The molecule has 1 heterocycles. The molecule has 2 rings (SSSR count). The first-order valence-corrected chi connectivity index (χ1v) is 5.93. The van der Waals surface area contributed by atoms with Crippen LogP contribution in [0.4, 0.5) is 5.69 Å². The van der Waals surface area contributed by atoms with Crippen molar-refractivity contribution >= 4 is 11.6 Å². The van der Waals surface area contributed by atoms with Crippen LogP contribution in [-0.2, 0) is 11.2 Å². The van der Waals surface area contributed by atoms with Crippen LogP contribution in [-0.4, -0.2) is 16.1 Å². The molecule has 0 aliphatic heterocycles. The van der Waals surface area contributed by atoms with E-state index in [0.717, 1.165) is 22.6 Å². The molecule has 2 aromatic rings. The summed E-state index contributed by atoms with van der Waals surface area (Å²) in [6, 6.07) is 7.76. The Morgan fingerprint density at radius 3 is 2.78 bits per heavy atom. The molecule has 4 heteroatoms. The second-order valence-corrected chi connectivity index (χ2v) is 4.51. The number of hydrogen-bond acceptors (Lipinski definition) is 2. The fraction of sp³-hybridized carbons (Fsp3) is 0.286. The molecule has 4 nitrogen and oxygen atoms in total. The van der Waals surface area contributed by atoms with Crippen molar-refractivity contribution in [1.29, 1.82) is 0 Å². The van der Waals surface area contributed by atoms with Gasteiger partial charge in [0.05, 0.1) is 12.1 Å². The molecular weight excluding hydrogens is 226 g/mol. The first kappa shape index (κ1) is 12.4. The van der Waals surface area contributed by atoms with E-state index in [4.69, 9.17) is 0 Å². The van der Waals surface area contributed by atoms with Crippen LogP contribution in [0, 0.1) is 20.8 Å². The van der Waals surface area contributed by atoms with Gasteiger partial charge in [0.1, 0.15) is 0 Å². The number of anilines is 1. The highest BCUT2D eigenvalue weighted by Crippen LogP contribution is 2.18. The molecule has 18 heavy (non-hydrogen) atoms. The van der Waals surface area contributed by atoms with Crippen molar-refractivity contribution in [3.05, 3.63) is 46.8 Å². The number of nitrogens with one attached hydrogen (secondary N) is 2. The van der Waals surface area contributed by atoms with E-state index in [2.05, 4.69) is 15.5 Å². The average Bonchev–Trinajstić information content (AvgIpc) is 2.70. The van der Waals surface area contributed by atoms with Crippen molar-refractivity contribution in [1.82, 2.24) is 10.2 Å². The van der Waals surface area contributed by atoms with Crippen molar-refractivity contribution in [2.45, 2.75) is 27.2 Å². The molecule has 0 atom stereocenters. The molecule has 0 radical (unpaired) electrons. The van der Waals surface area contributed by atoms with Gasteiger partial charge in [0.25, 0.3) is 0 Å². The first-order chi connectivity index (χ1) is 8.56. The minimum Gasteiger partial charge on any atom is -0.325 e. The number of benzene rings is 1. The van der Waals surface area contributed by atoms with Crippen molar-refractivity contribution in [3.63, 3.8) is 0 Å². The maximum atomic E-state index is 11.9. The van der Waals surface area contributed by atoms with Crippen LogP contribution in [0.3, 0.4) is 0 Å². The lowest BCUT2D eigenvalue weighted by Gasteiger charge is -2.09. The zero-order valence-electron chi connectivity index (χ0n) is 10.9. The van der Waals surface area contributed by atoms with Gasteiger partial charge in [0.2, 0.25) is 5.91 Å². The third-order valence-corrected chi connectivity index (χ3v) is 2.98. The maximum absolute atomic E-state index is 11.9. The number of aromatic nitrogens is 2. The summed E-state index contributed by atoms with van der Waals surface area (Å²) in [6.45, 7) is 5.95. The Morgan fingerprint density at radius 1 is 1.33 bits per heavy atom. The Morgan fingerprint density at radius 2 is 2.11 bits per heavy atom. The Balaban J connectivity index is 2.05. The Labute approximate surface area is 106 Å². The molecular formula is C14H17N3O. The van der Waals surface area contributed by atoms with Gasteiger partial charge in [-0.05, 0) is 44.0 Å². The summed E-state index contributed by atoms with van der Waals surface area (Å²) in [6.07, 6.45) is 0.289. The van der Waals surface area contributed by atoms with Crippen LogP contribution in [0.15, 0.2) is 24.3 Å². The molecule has 1 aromatic carbocycles. The minimum absolute atomic E-state index is 0.0461. The number of aryl methyl sites for hydroxylation is 2. The standard InChI is InChI=1S/C14H17N3O/c1-9-5-4-6-13(11(9)3)15-14(18)8-12-7-10(2)16-17-12/h4-7H,8H2,1-3H3,(H,15,18)(H,16,17). The highest BCUT2D eigenvalue weighted by Gasteiger charge is 2.08. The van der Waals surface area contributed by atoms with Crippen molar-refractivity contribution in [2.75, 3.05) is 5.32 Å². The SMILES string of the molecule is Cc1cc(CC(=O)Nc2cccc(C)c2C)n[nH]1. The molecule has 0 saturated carbocycles. The van der Waals surface area contributed by atoms with E-state index in [9.17, 15) is 4.79 Å². The second-order valence-electron chi connectivity index (χ2n) is 4.51. The third kappa shape index (κ3) is 2.77. The first-order valence-electron chi connectivity index (χ1n) is 5.93. The molecule has 1 aromatic heterocycles. The van der Waals surface area contributed by atoms with Gasteiger partial charge in [0, 0.05) is 11.4 Å². The van der Waals surface area contributed by atoms with E-state index in [-0.39, 0.29) is 12.3 Å². The summed E-state index contributed by atoms with van der Waals surface area (Å²) in [5.41, 5.74) is 4.86. The second kappa shape index (κ2) is 5.04. The van der Waals surface area contributed by atoms with Crippen LogP contribution in [0.5, 0.6) is 0 Å². The number of carbonyl (C=O) groups excluding carboxylic acids is 1. The summed E-state index contributed by atoms with van der Waals surface area (Å²) in [5, 5.41) is 9.80. The number of aromatic amines is 1. The van der Waals surface area contributed by atoms with Gasteiger partial charge in [0.15, 0.2) is 0 Å². The van der Waals surface area contributed by atoms with Gasteiger partial charge in [-0.1, -0.05) is 12.1 Å². The van der Waals surface area contributed by atoms with Gasteiger partial charge in [-0.3, -0.25) is 9.89 Å². The Kier molecular flexibility index (Phi) is 3.46. The quantitative estimate of drug-likeness (QED) is 0.870. The van der Waals surface area contributed by atoms with E-state index < -0.39 is 0 Å². The number of amides is 1. The molecule has 0 aliphatic carbocycles. The van der Waals surface area contributed by atoms with E-state index in [1.165, 1.54) is 5.56 Å². The maximum Gasteiger partial charge on any atom is 0.230 e. The summed E-state index contributed by atoms with van der Waals surface area (Å²) in [7, 11) is 0. The van der Waals surface area contributed by atoms with Crippen LogP contribution in [0.2, 0.25) is 0 Å². The van der Waals surface area contributed by atoms with E-state index >= 15 is 0 Å². The molecule has 0 saturated heterocycles. The summed E-state index contributed by atoms with van der Waals surface area (Å²) < 4.78 is 0. The molecule has 2 N–H and O–H groups in total. The van der Waals surface area contributed by atoms with Gasteiger partial charge in [-0.15, -0.1) is 0 Å². The van der Waals surface area contributed by atoms with Gasteiger partial charge < -0.3 is 5.32 Å². The molecule has 0 bridgehead atoms. The zero-order chi connectivity index (χ0) is 13.1. The predicted molar refractivity (Wildman–Crippen MR) is 71.6 cm³/mol. The lowest BCUT2D eigenvalue weighted by atomic mass is 10.1. The number of H-pyrrole nitrogens is 1. The van der Waals surface area contributed by atoms with Crippen LogP contribution in [0.25, 0.3) is 0 Å². The lowest BCUT2D eigenvalue weighted by Crippen LogP contribution is -2.15. The van der Waals surface area contributed by atoms with E-state index in [1.807, 2.05) is 45.0 Å². The fourth-order valence-corrected chi connectivity index (χ4v) is 1.81. The summed E-state index contributed by atoms with van der Waals surface area (Å²) >= 11 is 0. The van der Waals surface area contributed by atoms with Crippen molar-refractivity contribution in [3.8, 4) is 0 Å². The number of rotatable bonds is 3. The molecule has 0 fully saturated rings. The topological polar surface area (TPSA) is 57.8 Å². The predicted octanol–water partition coefficient (Wildman–Crippen LogP) is 2.52. The van der Waals surface area contributed by atoms with Crippen molar-refractivity contribution in [2.24, 2.45) is 0 Å². The van der Waals surface area contributed by atoms with Gasteiger partial charge >= 0.3 is 0 Å². The van der Waals surface area contributed by atoms with Gasteiger partial charge in [-0.25, -0.2) is 0 Å². The molecule has 1 amide bonds. The number of nitrogens with zero attached hydrogens (tertiary/aromatic N) is 1. The van der Waals surface area contributed by atoms with Crippen LogP contribution >= 0.6 is 0 Å². The largest absolute Gasteiger partial charge is 0.325 e. The molecule has 0 unspecified atom stereocenters.